The fourth-order valence-corrected chi connectivity index (χ4v) is 3.07. The molecule has 1 N–H and O–H groups in total. The molecule has 0 saturated heterocycles. The number of carbonyl (C=O) groups excluding carboxylic acids is 1. The smallest absolute Gasteiger partial charge is 0.230 e. The maximum absolute atomic E-state index is 11.9. The zero-order chi connectivity index (χ0) is 18.4. The summed E-state index contributed by atoms with van der Waals surface area (Å²) >= 11 is 1.35. The van der Waals surface area contributed by atoms with Gasteiger partial charge in [-0.05, 0) is 51.8 Å². The van der Waals surface area contributed by atoms with Gasteiger partial charge in [0.05, 0.1) is 12.3 Å². The quantitative estimate of drug-likeness (QED) is 0.467. The molecule has 0 aliphatic heterocycles. The summed E-state index contributed by atoms with van der Waals surface area (Å²) in [6, 6.07) is 6.06. The lowest BCUT2D eigenvalue weighted by atomic mass is 10.1. The highest BCUT2D eigenvalue weighted by Crippen LogP contribution is 2.18. The third kappa shape index (κ3) is 5.74. The van der Waals surface area contributed by atoms with E-state index in [1.54, 1.807) is 0 Å². The van der Waals surface area contributed by atoms with Crippen LogP contribution in [-0.2, 0) is 4.79 Å². The highest BCUT2D eigenvalue weighted by molar-refractivity contribution is 7.99. The Labute approximate surface area is 153 Å². The Kier molecular flexibility index (Phi) is 6.82. The molecule has 134 valence electrons. The monoisotopic (exact) mass is 359 g/mol. The number of ether oxygens (including phenoxy) is 1. The lowest BCUT2D eigenvalue weighted by molar-refractivity contribution is -0.118. The van der Waals surface area contributed by atoms with Gasteiger partial charge in [-0.3, -0.25) is 4.79 Å². The molecule has 1 amide bonds. The summed E-state index contributed by atoms with van der Waals surface area (Å²) in [5, 5.41) is 3.50. The third-order valence-electron chi connectivity index (χ3n) is 3.96. The van der Waals surface area contributed by atoms with Crippen molar-refractivity contribution in [2.75, 3.05) is 18.9 Å². The number of thioether (sulfide) groups is 1. The van der Waals surface area contributed by atoms with E-state index in [-0.39, 0.29) is 5.91 Å². The topological polar surface area (TPSA) is 64.1 Å². The number of benzene rings is 1. The molecule has 6 heteroatoms. The summed E-state index contributed by atoms with van der Waals surface area (Å²) in [5.41, 5.74) is 5.31. The summed E-state index contributed by atoms with van der Waals surface area (Å²) < 4.78 is 5.70. The minimum atomic E-state index is -0.0475. The Balaban J connectivity index is 1.72. The van der Waals surface area contributed by atoms with Gasteiger partial charge < -0.3 is 10.1 Å². The zero-order valence-electron chi connectivity index (χ0n) is 15.5. The predicted molar refractivity (Wildman–Crippen MR) is 101 cm³/mol. The molecule has 5 nitrogen and oxygen atoms in total. The van der Waals surface area contributed by atoms with Crippen LogP contribution in [0.1, 0.15) is 28.1 Å². The average molecular weight is 359 g/mol. The van der Waals surface area contributed by atoms with E-state index in [4.69, 9.17) is 4.74 Å². The van der Waals surface area contributed by atoms with E-state index in [1.165, 1.54) is 17.3 Å². The first-order valence-corrected chi connectivity index (χ1v) is 9.26. The van der Waals surface area contributed by atoms with Crippen LogP contribution in [-0.4, -0.2) is 34.8 Å². The Morgan fingerprint density at radius 3 is 2.44 bits per heavy atom. The summed E-state index contributed by atoms with van der Waals surface area (Å²) in [6.07, 6.45) is 0. The molecule has 1 aromatic heterocycles. The molecule has 1 heterocycles. The molecule has 0 aliphatic carbocycles. The molecule has 0 saturated carbocycles. The van der Waals surface area contributed by atoms with Crippen molar-refractivity contribution in [2.24, 2.45) is 0 Å². The van der Waals surface area contributed by atoms with E-state index in [0.717, 1.165) is 28.3 Å². The standard InChI is InChI=1S/C19H25N3O2S/c1-12-6-7-17(13(2)10-12)24-9-8-20-18(23)11-25-19-21-15(4)14(3)16(5)22-19/h6-7,10H,8-9,11H2,1-5H3,(H,20,23). The molecule has 25 heavy (non-hydrogen) atoms. The van der Waals surface area contributed by atoms with Crippen molar-refractivity contribution < 1.29 is 9.53 Å². The summed E-state index contributed by atoms with van der Waals surface area (Å²) in [7, 11) is 0. The molecular formula is C19H25N3O2S. The predicted octanol–water partition coefficient (Wildman–Crippen LogP) is 3.31. The molecule has 0 radical (unpaired) electrons. The van der Waals surface area contributed by atoms with E-state index in [1.807, 2.05) is 39.8 Å². The molecule has 0 spiro atoms. The van der Waals surface area contributed by atoms with Gasteiger partial charge in [-0.25, -0.2) is 9.97 Å². The van der Waals surface area contributed by atoms with Crippen LogP contribution in [0.15, 0.2) is 23.4 Å². The maximum Gasteiger partial charge on any atom is 0.230 e. The highest BCUT2D eigenvalue weighted by atomic mass is 32.2. The summed E-state index contributed by atoms with van der Waals surface area (Å²) in [6.45, 7) is 10.9. The van der Waals surface area contributed by atoms with Crippen molar-refractivity contribution in [1.29, 1.82) is 0 Å². The van der Waals surface area contributed by atoms with Gasteiger partial charge in [-0.1, -0.05) is 29.5 Å². The molecule has 0 unspecified atom stereocenters. The van der Waals surface area contributed by atoms with Crippen LogP contribution in [0.2, 0.25) is 0 Å². The van der Waals surface area contributed by atoms with E-state index < -0.39 is 0 Å². The number of carbonyl (C=O) groups is 1. The van der Waals surface area contributed by atoms with Gasteiger partial charge in [0.2, 0.25) is 5.91 Å². The first-order chi connectivity index (χ1) is 11.9. The van der Waals surface area contributed by atoms with Crippen LogP contribution < -0.4 is 10.1 Å². The van der Waals surface area contributed by atoms with Crippen LogP contribution in [0.3, 0.4) is 0 Å². The van der Waals surface area contributed by atoms with Gasteiger partial charge in [-0.2, -0.15) is 0 Å². The molecule has 1 aromatic carbocycles. The van der Waals surface area contributed by atoms with Crippen molar-refractivity contribution in [3.63, 3.8) is 0 Å². The van der Waals surface area contributed by atoms with Crippen LogP contribution in [0.5, 0.6) is 5.75 Å². The number of aromatic nitrogens is 2. The second-order valence-electron chi connectivity index (χ2n) is 6.06. The number of amides is 1. The zero-order valence-corrected chi connectivity index (χ0v) is 16.3. The van der Waals surface area contributed by atoms with Crippen LogP contribution in [0.25, 0.3) is 0 Å². The fraction of sp³-hybridized carbons (Fsp3) is 0.421. The fourth-order valence-electron chi connectivity index (χ4n) is 2.30. The average Bonchev–Trinajstić information content (AvgIpc) is 2.56. The SMILES string of the molecule is Cc1ccc(OCCNC(=O)CSc2nc(C)c(C)c(C)n2)c(C)c1. The van der Waals surface area contributed by atoms with Crippen molar-refractivity contribution in [3.8, 4) is 5.75 Å². The first kappa shape index (κ1) is 19.2. The van der Waals surface area contributed by atoms with Gasteiger partial charge >= 0.3 is 0 Å². The van der Waals surface area contributed by atoms with Crippen molar-refractivity contribution >= 4 is 17.7 Å². The van der Waals surface area contributed by atoms with E-state index in [9.17, 15) is 4.79 Å². The van der Waals surface area contributed by atoms with Gasteiger partial charge in [0.1, 0.15) is 12.4 Å². The lowest BCUT2D eigenvalue weighted by Gasteiger charge is -2.10. The molecule has 2 rings (SSSR count). The van der Waals surface area contributed by atoms with Crippen LogP contribution in [0.4, 0.5) is 0 Å². The molecule has 0 fully saturated rings. The van der Waals surface area contributed by atoms with Gasteiger partial charge in [-0.15, -0.1) is 0 Å². The lowest BCUT2D eigenvalue weighted by Crippen LogP contribution is -2.29. The molecular weight excluding hydrogens is 334 g/mol. The number of nitrogens with zero attached hydrogens (tertiary/aromatic N) is 2. The van der Waals surface area contributed by atoms with E-state index in [0.29, 0.717) is 24.1 Å². The Bertz CT molecular complexity index is 739. The number of nitrogens with one attached hydrogen (secondary N) is 1. The number of rotatable bonds is 7. The van der Waals surface area contributed by atoms with Gasteiger partial charge in [0.25, 0.3) is 0 Å². The van der Waals surface area contributed by atoms with Gasteiger partial charge in [0.15, 0.2) is 5.16 Å². The molecule has 0 aliphatic rings. The number of hydrogen-bond acceptors (Lipinski definition) is 5. The number of hydrogen-bond donors (Lipinski definition) is 1. The summed E-state index contributed by atoms with van der Waals surface area (Å²) in [5.74, 6) is 1.10. The van der Waals surface area contributed by atoms with Crippen LogP contribution in [0, 0.1) is 34.6 Å². The second-order valence-corrected chi connectivity index (χ2v) is 7.00. The minimum absolute atomic E-state index is 0.0475. The minimum Gasteiger partial charge on any atom is -0.491 e. The largest absolute Gasteiger partial charge is 0.491 e. The Morgan fingerprint density at radius 2 is 1.80 bits per heavy atom. The molecule has 2 aromatic rings. The van der Waals surface area contributed by atoms with E-state index >= 15 is 0 Å². The highest BCUT2D eigenvalue weighted by Gasteiger charge is 2.08. The van der Waals surface area contributed by atoms with Gasteiger partial charge in [0, 0.05) is 11.4 Å². The normalized spacial score (nSPS) is 10.6. The third-order valence-corrected chi connectivity index (χ3v) is 4.80. The second kappa shape index (κ2) is 8.85. The van der Waals surface area contributed by atoms with Crippen LogP contribution >= 0.6 is 11.8 Å². The Hall–Kier alpha value is -2.08. The molecule has 0 atom stereocenters. The van der Waals surface area contributed by atoms with Crippen molar-refractivity contribution in [1.82, 2.24) is 15.3 Å². The molecule has 0 bridgehead atoms. The van der Waals surface area contributed by atoms with Crippen molar-refractivity contribution in [3.05, 3.63) is 46.3 Å². The summed E-state index contributed by atoms with van der Waals surface area (Å²) in [4.78, 5) is 20.7. The number of aryl methyl sites for hydroxylation is 4. The Morgan fingerprint density at radius 1 is 1.12 bits per heavy atom. The first-order valence-electron chi connectivity index (χ1n) is 8.28. The van der Waals surface area contributed by atoms with Crippen molar-refractivity contribution in [2.45, 2.75) is 39.8 Å². The van der Waals surface area contributed by atoms with E-state index in [2.05, 4.69) is 28.3 Å². The maximum atomic E-state index is 11.9.